The van der Waals surface area contributed by atoms with Gasteiger partial charge in [-0.15, -0.1) is 10.2 Å². The lowest BCUT2D eigenvalue weighted by Gasteiger charge is -2.14. The van der Waals surface area contributed by atoms with Gasteiger partial charge < -0.3 is 10.3 Å². The molecule has 1 saturated carbocycles. The van der Waals surface area contributed by atoms with Gasteiger partial charge in [0.1, 0.15) is 5.82 Å². The molecule has 3 heterocycles. The van der Waals surface area contributed by atoms with Crippen LogP contribution in [0.3, 0.4) is 0 Å². The summed E-state index contributed by atoms with van der Waals surface area (Å²) in [4.78, 5) is 7.59. The van der Waals surface area contributed by atoms with Crippen molar-refractivity contribution in [3.05, 3.63) is 54.1 Å². The van der Waals surface area contributed by atoms with Gasteiger partial charge in [0.05, 0.1) is 11.7 Å². The summed E-state index contributed by atoms with van der Waals surface area (Å²) in [5.41, 5.74) is 5.21. The first kappa shape index (κ1) is 15.4. The quantitative estimate of drug-likeness (QED) is 0.590. The highest BCUT2D eigenvalue weighted by Crippen LogP contribution is 2.40. The maximum atomic E-state index is 4.54. The molecule has 0 amide bonds. The maximum Gasteiger partial charge on any atom is 0.179 e. The second kappa shape index (κ2) is 5.83. The van der Waals surface area contributed by atoms with E-state index < -0.39 is 0 Å². The van der Waals surface area contributed by atoms with Crippen LogP contribution >= 0.6 is 0 Å². The minimum absolute atomic E-state index is 0.383. The Kier molecular flexibility index (Phi) is 3.45. The largest absolute Gasteiger partial charge is 0.382 e. The van der Waals surface area contributed by atoms with Crippen molar-refractivity contribution in [3.63, 3.8) is 0 Å². The number of H-pyrrole nitrogens is 1. The van der Waals surface area contributed by atoms with Gasteiger partial charge in [-0.25, -0.2) is 4.98 Å². The van der Waals surface area contributed by atoms with E-state index in [1.807, 2.05) is 12.3 Å². The first-order valence-corrected chi connectivity index (χ1v) is 9.19. The van der Waals surface area contributed by atoms with Crippen molar-refractivity contribution in [1.82, 2.24) is 24.6 Å². The predicted molar refractivity (Wildman–Crippen MR) is 102 cm³/mol. The Morgan fingerprint density at radius 1 is 1.12 bits per heavy atom. The van der Waals surface area contributed by atoms with E-state index in [0.29, 0.717) is 17.9 Å². The monoisotopic (exact) mass is 346 g/mol. The van der Waals surface area contributed by atoms with Crippen molar-refractivity contribution < 1.29 is 0 Å². The van der Waals surface area contributed by atoms with E-state index in [4.69, 9.17) is 0 Å². The Morgan fingerprint density at radius 2 is 1.96 bits per heavy atom. The van der Waals surface area contributed by atoms with Crippen LogP contribution in [0, 0.1) is 12.8 Å². The van der Waals surface area contributed by atoms with Gasteiger partial charge in [-0.3, -0.25) is 4.40 Å². The Hall–Kier alpha value is -2.89. The predicted octanol–water partition coefficient (Wildman–Crippen LogP) is 3.91. The molecule has 3 atom stereocenters. The van der Waals surface area contributed by atoms with Crippen LogP contribution in [0.5, 0.6) is 0 Å². The number of nitrogens with zero attached hydrogens (tertiary/aromatic N) is 4. The van der Waals surface area contributed by atoms with Crippen molar-refractivity contribution in [3.8, 4) is 0 Å². The van der Waals surface area contributed by atoms with Gasteiger partial charge in [0, 0.05) is 23.8 Å². The van der Waals surface area contributed by atoms with E-state index >= 15 is 0 Å². The van der Waals surface area contributed by atoms with Crippen LogP contribution in [0.15, 0.2) is 42.7 Å². The molecule has 3 aromatic heterocycles. The summed E-state index contributed by atoms with van der Waals surface area (Å²) < 4.78 is 2.16. The van der Waals surface area contributed by atoms with Crippen LogP contribution in [-0.4, -0.2) is 30.6 Å². The standard InChI is InChI=1S/C20H22N6/c1-12-3-5-14(6-4-12)23-15-9-13(2)16(10-15)20-25-24-18-11-22-19-17(26(18)20)7-8-21-19/h3-8,11,13,15-16,21,23H,9-10H2,1-2H3/t13-,15+,16+/m1/s1. The van der Waals surface area contributed by atoms with Gasteiger partial charge in [0.25, 0.3) is 0 Å². The molecule has 1 aliphatic rings. The Balaban J connectivity index is 1.46. The molecule has 5 rings (SSSR count). The maximum absolute atomic E-state index is 4.54. The van der Waals surface area contributed by atoms with Gasteiger partial charge in [0.15, 0.2) is 11.3 Å². The molecule has 0 unspecified atom stereocenters. The molecule has 0 spiro atoms. The summed E-state index contributed by atoms with van der Waals surface area (Å²) in [6.07, 6.45) is 5.90. The second-order valence-electron chi connectivity index (χ2n) is 7.48. The Bertz CT molecular complexity index is 1060. The van der Waals surface area contributed by atoms with Gasteiger partial charge in [-0.2, -0.15) is 0 Å². The molecule has 26 heavy (non-hydrogen) atoms. The topological polar surface area (TPSA) is 70.9 Å². The molecule has 0 radical (unpaired) electrons. The van der Waals surface area contributed by atoms with Crippen LogP contribution in [0.4, 0.5) is 5.69 Å². The van der Waals surface area contributed by atoms with Gasteiger partial charge in [-0.1, -0.05) is 24.6 Å². The smallest absolute Gasteiger partial charge is 0.179 e. The summed E-state index contributed by atoms with van der Waals surface area (Å²) in [5, 5.41) is 12.6. The minimum atomic E-state index is 0.383. The molecule has 0 aliphatic heterocycles. The zero-order valence-electron chi connectivity index (χ0n) is 15.0. The highest BCUT2D eigenvalue weighted by Gasteiger charge is 2.35. The lowest BCUT2D eigenvalue weighted by Crippen LogP contribution is -2.15. The van der Waals surface area contributed by atoms with Crippen LogP contribution in [-0.2, 0) is 0 Å². The first-order chi connectivity index (χ1) is 12.7. The molecular formula is C20H22N6. The SMILES string of the molecule is Cc1ccc(N[C@H]2C[C@@H](C)[C@@H](c3nnc4cnc5[nH]ccc5n34)C2)cc1. The summed E-state index contributed by atoms with van der Waals surface area (Å²) in [6.45, 7) is 4.43. The summed E-state index contributed by atoms with van der Waals surface area (Å²) in [7, 11) is 0. The number of hydrogen-bond acceptors (Lipinski definition) is 4. The van der Waals surface area contributed by atoms with E-state index in [9.17, 15) is 0 Å². The summed E-state index contributed by atoms with van der Waals surface area (Å²) in [5.74, 6) is 1.98. The fourth-order valence-corrected chi connectivity index (χ4v) is 4.25. The Labute approximate surface area is 151 Å². The lowest BCUT2D eigenvalue weighted by molar-refractivity contribution is 0.507. The third kappa shape index (κ3) is 2.44. The molecule has 1 aromatic carbocycles. The molecule has 6 heteroatoms. The first-order valence-electron chi connectivity index (χ1n) is 9.19. The van der Waals surface area contributed by atoms with E-state index in [-0.39, 0.29) is 0 Å². The number of aromatic amines is 1. The second-order valence-corrected chi connectivity index (χ2v) is 7.48. The molecule has 4 aromatic rings. The molecule has 1 fully saturated rings. The van der Waals surface area contributed by atoms with Gasteiger partial charge in [-0.05, 0) is 43.9 Å². The number of aryl methyl sites for hydroxylation is 1. The number of rotatable bonds is 3. The van der Waals surface area contributed by atoms with Crippen molar-refractivity contribution in [1.29, 1.82) is 0 Å². The van der Waals surface area contributed by atoms with Crippen molar-refractivity contribution in [2.24, 2.45) is 5.92 Å². The number of fused-ring (bicyclic) bond motifs is 3. The van der Waals surface area contributed by atoms with Crippen molar-refractivity contribution >= 4 is 22.5 Å². The molecule has 6 nitrogen and oxygen atoms in total. The van der Waals surface area contributed by atoms with E-state index in [1.165, 1.54) is 11.3 Å². The van der Waals surface area contributed by atoms with Crippen molar-refractivity contribution in [2.75, 3.05) is 5.32 Å². The van der Waals surface area contributed by atoms with Crippen LogP contribution in [0.1, 0.15) is 37.1 Å². The average molecular weight is 346 g/mol. The lowest BCUT2D eigenvalue weighted by atomic mass is 9.97. The van der Waals surface area contributed by atoms with E-state index in [0.717, 1.165) is 35.5 Å². The molecule has 0 saturated heterocycles. The van der Waals surface area contributed by atoms with Crippen LogP contribution < -0.4 is 5.32 Å². The summed E-state index contributed by atoms with van der Waals surface area (Å²) in [6, 6.07) is 11.1. The van der Waals surface area contributed by atoms with Crippen molar-refractivity contribution in [2.45, 2.75) is 38.6 Å². The number of aromatic nitrogens is 5. The minimum Gasteiger partial charge on any atom is -0.382 e. The fourth-order valence-electron chi connectivity index (χ4n) is 4.25. The van der Waals surface area contributed by atoms with Crippen LogP contribution in [0.25, 0.3) is 16.8 Å². The molecule has 2 N–H and O–H groups in total. The zero-order chi connectivity index (χ0) is 17.7. The fraction of sp³-hybridized carbons (Fsp3) is 0.350. The van der Waals surface area contributed by atoms with Gasteiger partial charge >= 0.3 is 0 Å². The highest BCUT2D eigenvalue weighted by atomic mass is 15.3. The zero-order valence-corrected chi connectivity index (χ0v) is 15.0. The third-order valence-electron chi connectivity index (χ3n) is 5.60. The van der Waals surface area contributed by atoms with Gasteiger partial charge in [0.2, 0.25) is 0 Å². The molecule has 0 bridgehead atoms. The number of anilines is 1. The molecule has 132 valence electrons. The number of hydrogen-bond donors (Lipinski definition) is 2. The summed E-state index contributed by atoms with van der Waals surface area (Å²) >= 11 is 0. The Morgan fingerprint density at radius 3 is 2.81 bits per heavy atom. The average Bonchev–Trinajstić information content (AvgIpc) is 3.34. The van der Waals surface area contributed by atoms with E-state index in [2.05, 4.69) is 68.0 Å². The van der Waals surface area contributed by atoms with Crippen LogP contribution in [0.2, 0.25) is 0 Å². The normalized spacial score (nSPS) is 23.1. The third-order valence-corrected chi connectivity index (χ3v) is 5.60. The highest BCUT2D eigenvalue weighted by molar-refractivity contribution is 5.74. The molecule has 1 aliphatic carbocycles. The van der Waals surface area contributed by atoms with E-state index in [1.54, 1.807) is 6.20 Å². The molecular weight excluding hydrogens is 324 g/mol. The number of benzene rings is 1. The number of nitrogens with one attached hydrogen (secondary N) is 2.